The molecule has 4 atom stereocenters. The molecule has 0 heterocycles. The molecule has 0 aliphatic heterocycles. The number of rotatable bonds is 9. The number of benzene rings is 1. The van der Waals surface area contributed by atoms with Crippen LogP contribution < -0.4 is 14.8 Å². The third-order valence-corrected chi connectivity index (χ3v) is 6.53. The topological polar surface area (TPSA) is 47.6 Å². The first kappa shape index (κ1) is 18.4. The molecule has 1 aromatic rings. The summed E-state index contributed by atoms with van der Waals surface area (Å²) in [7, 11) is 1.65. The molecule has 4 unspecified atom stereocenters. The normalized spacial score (nSPS) is 25.6. The van der Waals surface area contributed by atoms with E-state index in [2.05, 4.69) is 12.2 Å². The second-order valence-corrected chi connectivity index (χ2v) is 8.38. The van der Waals surface area contributed by atoms with E-state index in [4.69, 9.17) is 9.47 Å². The average molecular weight is 364 g/mol. The third kappa shape index (κ3) is 5.06. The third-order valence-electron chi connectivity index (χ3n) is 5.61. The first-order valence-corrected chi connectivity index (χ1v) is 10.4. The van der Waals surface area contributed by atoms with Crippen molar-refractivity contribution in [1.82, 2.24) is 5.32 Å². The number of thioether (sulfide) groups is 1. The number of hydrogen-bond donors (Lipinski definition) is 1. The second-order valence-electron chi connectivity index (χ2n) is 7.27. The molecule has 2 bridgehead atoms. The molecule has 2 aliphatic rings. The number of carbonyl (C=O) groups excluding carboxylic acids is 1. The van der Waals surface area contributed by atoms with E-state index < -0.39 is 0 Å². The van der Waals surface area contributed by atoms with Crippen molar-refractivity contribution < 1.29 is 14.3 Å². The van der Waals surface area contributed by atoms with Crippen LogP contribution in [-0.4, -0.2) is 37.2 Å². The maximum Gasteiger partial charge on any atom is 0.230 e. The van der Waals surface area contributed by atoms with E-state index in [-0.39, 0.29) is 5.91 Å². The van der Waals surface area contributed by atoms with E-state index in [1.54, 1.807) is 18.9 Å². The SMILES string of the molecule is COc1ccc(OCCSCC(=O)NC(C)C2CC3CCC2C3)cc1. The summed E-state index contributed by atoms with van der Waals surface area (Å²) in [6.07, 6.45) is 5.48. The molecule has 1 aromatic carbocycles. The number of carbonyl (C=O) groups is 1. The van der Waals surface area contributed by atoms with Crippen molar-refractivity contribution in [2.75, 3.05) is 25.2 Å². The van der Waals surface area contributed by atoms with Gasteiger partial charge in [0.05, 0.1) is 19.5 Å². The predicted octanol–water partition coefficient (Wildman–Crippen LogP) is 3.75. The Hall–Kier alpha value is -1.36. The van der Waals surface area contributed by atoms with Crippen molar-refractivity contribution >= 4 is 17.7 Å². The van der Waals surface area contributed by atoms with E-state index in [9.17, 15) is 4.79 Å². The van der Waals surface area contributed by atoms with Gasteiger partial charge in [-0.1, -0.05) is 6.42 Å². The van der Waals surface area contributed by atoms with E-state index in [1.807, 2.05) is 24.3 Å². The second kappa shape index (κ2) is 8.84. The smallest absolute Gasteiger partial charge is 0.230 e. The van der Waals surface area contributed by atoms with Gasteiger partial charge in [-0.2, -0.15) is 0 Å². The molecule has 138 valence electrons. The number of ether oxygens (including phenoxy) is 2. The molecule has 1 N–H and O–H groups in total. The van der Waals surface area contributed by atoms with Gasteiger partial charge in [-0.25, -0.2) is 0 Å². The molecule has 5 heteroatoms. The maximum absolute atomic E-state index is 12.1. The standard InChI is InChI=1S/C20H29NO3S/c1-14(19-12-15-3-4-16(19)11-15)21-20(22)13-25-10-9-24-18-7-5-17(23-2)6-8-18/h5-8,14-16,19H,3-4,9-13H2,1-2H3,(H,21,22). The van der Waals surface area contributed by atoms with Crippen LogP contribution in [0, 0.1) is 17.8 Å². The fraction of sp³-hybridized carbons (Fsp3) is 0.650. The minimum atomic E-state index is 0.157. The Labute approximate surface area is 155 Å². The van der Waals surface area contributed by atoms with E-state index >= 15 is 0 Å². The molecule has 0 saturated heterocycles. The number of amides is 1. The Kier molecular flexibility index (Phi) is 6.51. The zero-order valence-electron chi connectivity index (χ0n) is 15.2. The van der Waals surface area contributed by atoms with Crippen molar-refractivity contribution in [3.63, 3.8) is 0 Å². The molecule has 4 nitrogen and oxygen atoms in total. The Morgan fingerprint density at radius 1 is 1.24 bits per heavy atom. The molecule has 0 aromatic heterocycles. The fourth-order valence-corrected chi connectivity index (χ4v) is 4.98. The molecule has 2 saturated carbocycles. The van der Waals surface area contributed by atoms with Crippen LogP contribution in [0.15, 0.2) is 24.3 Å². The summed E-state index contributed by atoms with van der Waals surface area (Å²) in [5.41, 5.74) is 0. The summed E-state index contributed by atoms with van der Waals surface area (Å²) < 4.78 is 10.8. The molecule has 2 aliphatic carbocycles. The van der Waals surface area contributed by atoms with Crippen molar-refractivity contribution in [2.24, 2.45) is 17.8 Å². The quantitative estimate of drug-likeness (QED) is 0.679. The van der Waals surface area contributed by atoms with Gasteiger partial charge >= 0.3 is 0 Å². The lowest BCUT2D eigenvalue weighted by Crippen LogP contribution is -2.41. The van der Waals surface area contributed by atoms with Crippen molar-refractivity contribution in [3.8, 4) is 11.5 Å². The van der Waals surface area contributed by atoms with Crippen LogP contribution in [0.25, 0.3) is 0 Å². The summed E-state index contributed by atoms with van der Waals surface area (Å²) in [6.45, 7) is 2.78. The van der Waals surface area contributed by atoms with E-state index in [0.29, 0.717) is 24.3 Å². The summed E-state index contributed by atoms with van der Waals surface area (Å²) >= 11 is 1.63. The minimum Gasteiger partial charge on any atom is -0.497 e. The van der Waals surface area contributed by atoms with Crippen molar-refractivity contribution in [3.05, 3.63) is 24.3 Å². The molecular formula is C20H29NO3S. The van der Waals surface area contributed by atoms with Crippen LogP contribution in [0.1, 0.15) is 32.6 Å². The Morgan fingerprint density at radius 2 is 2.00 bits per heavy atom. The lowest BCUT2D eigenvalue weighted by molar-refractivity contribution is -0.119. The number of nitrogens with one attached hydrogen (secondary N) is 1. The Balaban J connectivity index is 1.27. The molecule has 0 spiro atoms. The highest BCUT2D eigenvalue weighted by atomic mass is 32.2. The van der Waals surface area contributed by atoms with Gasteiger partial charge in [0, 0.05) is 11.8 Å². The van der Waals surface area contributed by atoms with Gasteiger partial charge in [0.1, 0.15) is 11.5 Å². The summed E-state index contributed by atoms with van der Waals surface area (Å²) in [5, 5.41) is 3.21. The minimum absolute atomic E-state index is 0.157. The van der Waals surface area contributed by atoms with Crippen LogP contribution in [0.3, 0.4) is 0 Å². The van der Waals surface area contributed by atoms with Gasteiger partial charge in [-0.15, -0.1) is 11.8 Å². The van der Waals surface area contributed by atoms with Crippen LogP contribution in [0.5, 0.6) is 11.5 Å². The lowest BCUT2D eigenvalue weighted by atomic mass is 9.84. The molecule has 0 radical (unpaired) electrons. The van der Waals surface area contributed by atoms with Gasteiger partial charge in [-0.05, 0) is 68.2 Å². The predicted molar refractivity (Wildman–Crippen MR) is 102 cm³/mol. The number of fused-ring (bicyclic) bond motifs is 2. The molecule has 1 amide bonds. The number of hydrogen-bond acceptors (Lipinski definition) is 4. The molecular weight excluding hydrogens is 334 g/mol. The van der Waals surface area contributed by atoms with Gasteiger partial charge < -0.3 is 14.8 Å². The zero-order chi connectivity index (χ0) is 17.6. The first-order valence-electron chi connectivity index (χ1n) is 9.29. The van der Waals surface area contributed by atoms with Crippen molar-refractivity contribution in [1.29, 1.82) is 0 Å². The highest BCUT2D eigenvalue weighted by Crippen LogP contribution is 2.49. The molecule has 2 fully saturated rings. The van der Waals surface area contributed by atoms with Gasteiger partial charge in [0.2, 0.25) is 5.91 Å². The average Bonchev–Trinajstić information content (AvgIpc) is 3.25. The van der Waals surface area contributed by atoms with Crippen LogP contribution in [0.4, 0.5) is 0 Å². The molecule has 25 heavy (non-hydrogen) atoms. The zero-order valence-corrected chi connectivity index (χ0v) is 16.0. The van der Waals surface area contributed by atoms with Crippen LogP contribution in [-0.2, 0) is 4.79 Å². The summed E-state index contributed by atoms with van der Waals surface area (Å²) in [6, 6.07) is 7.87. The lowest BCUT2D eigenvalue weighted by Gasteiger charge is -2.28. The Morgan fingerprint density at radius 3 is 2.64 bits per heavy atom. The van der Waals surface area contributed by atoms with Crippen LogP contribution in [0.2, 0.25) is 0 Å². The number of methoxy groups -OCH3 is 1. The van der Waals surface area contributed by atoms with Gasteiger partial charge in [-0.3, -0.25) is 4.79 Å². The summed E-state index contributed by atoms with van der Waals surface area (Å²) in [4.78, 5) is 12.1. The van der Waals surface area contributed by atoms with Gasteiger partial charge in [0.15, 0.2) is 0 Å². The fourth-order valence-electron chi connectivity index (χ4n) is 4.36. The van der Waals surface area contributed by atoms with Gasteiger partial charge in [0.25, 0.3) is 0 Å². The van der Waals surface area contributed by atoms with E-state index in [1.165, 1.54) is 25.7 Å². The van der Waals surface area contributed by atoms with Crippen molar-refractivity contribution in [2.45, 2.75) is 38.6 Å². The highest BCUT2D eigenvalue weighted by molar-refractivity contribution is 7.99. The highest BCUT2D eigenvalue weighted by Gasteiger charge is 2.42. The first-order chi connectivity index (χ1) is 12.2. The maximum atomic E-state index is 12.1. The Bertz CT molecular complexity index is 563. The molecule has 3 rings (SSSR count). The largest absolute Gasteiger partial charge is 0.497 e. The summed E-state index contributed by atoms with van der Waals surface area (Å²) in [5.74, 6) is 5.61. The monoisotopic (exact) mass is 363 g/mol. The van der Waals surface area contributed by atoms with Crippen LogP contribution >= 0.6 is 11.8 Å². The van der Waals surface area contributed by atoms with E-state index in [0.717, 1.165) is 29.1 Å².